The summed E-state index contributed by atoms with van der Waals surface area (Å²) in [6.07, 6.45) is 0.712. The number of para-hydroxylation sites is 2. The normalized spacial score (nSPS) is 14.1. The summed E-state index contributed by atoms with van der Waals surface area (Å²) in [4.78, 5) is 38.3. The number of thiophene rings is 1. The van der Waals surface area contributed by atoms with Crippen LogP contribution in [0, 0.1) is 19.8 Å². The lowest BCUT2D eigenvalue weighted by atomic mass is 10.1. The van der Waals surface area contributed by atoms with Gasteiger partial charge in [-0.1, -0.05) is 12.1 Å². The second-order valence-electron chi connectivity index (χ2n) is 6.99. The van der Waals surface area contributed by atoms with E-state index >= 15 is 0 Å². The number of methoxy groups -OCH3 is 1. The van der Waals surface area contributed by atoms with Gasteiger partial charge >= 0.3 is 5.97 Å². The lowest BCUT2D eigenvalue weighted by Crippen LogP contribution is -2.30. The second kappa shape index (κ2) is 8.65. The maximum atomic E-state index is 12.8. The van der Waals surface area contributed by atoms with Crippen molar-refractivity contribution in [3.8, 4) is 5.75 Å². The Bertz CT molecular complexity index is 949. The van der Waals surface area contributed by atoms with E-state index in [2.05, 4.69) is 10.6 Å². The van der Waals surface area contributed by atoms with Crippen LogP contribution in [-0.2, 0) is 14.3 Å². The van der Waals surface area contributed by atoms with E-state index in [9.17, 15) is 14.4 Å². The number of anilines is 2. The van der Waals surface area contributed by atoms with Gasteiger partial charge in [0.1, 0.15) is 10.8 Å². The van der Waals surface area contributed by atoms with Crippen LogP contribution in [0.15, 0.2) is 24.3 Å². The van der Waals surface area contributed by atoms with Crippen molar-refractivity contribution in [1.29, 1.82) is 0 Å². The van der Waals surface area contributed by atoms with Gasteiger partial charge in [0, 0.05) is 10.8 Å². The second-order valence-corrected chi connectivity index (χ2v) is 8.21. The highest BCUT2D eigenvalue weighted by Gasteiger charge is 2.32. The van der Waals surface area contributed by atoms with Crippen LogP contribution in [0.2, 0.25) is 0 Å². The highest BCUT2D eigenvalue weighted by Crippen LogP contribution is 2.36. The minimum atomic E-state index is -1.03. The Morgan fingerprint density at radius 3 is 2.48 bits per heavy atom. The molecule has 1 atom stereocenters. The molecule has 0 bridgehead atoms. The van der Waals surface area contributed by atoms with Crippen LogP contribution >= 0.6 is 11.3 Å². The van der Waals surface area contributed by atoms with Crippen molar-refractivity contribution in [1.82, 2.24) is 0 Å². The monoisotopic (exact) mass is 416 g/mol. The van der Waals surface area contributed by atoms with Crippen LogP contribution in [0.5, 0.6) is 5.75 Å². The molecule has 0 unspecified atom stereocenters. The van der Waals surface area contributed by atoms with Crippen molar-refractivity contribution < 1.29 is 23.9 Å². The zero-order chi connectivity index (χ0) is 21.1. The fraction of sp³-hybridized carbons (Fsp3) is 0.381. The van der Waals surface area contributed by atoms with E-state index in [0.29, 0.717) is 22.0 Å². The van der Waals surface area contributed by atoms with Gasteiger partial charge < -0.3 is 20.1 Å². The van der Waals surface area contributed by atoms with E-state index in [1.54, 1.807) is 31.2 Å². The third kappa shape index (κ3) is 4.76. The Balaban J connectivity index is 1.70. The number of carbonyl (C=O) groups is 3. The molecule has 1 aliphatic rings. The Morgan fingerprint density at radius 2 is 1.83 bits per heavy atom. The lowest BCUT2D eigenvalue weighted by Gasteiger charge is -2.16. The van der Waals surface area contributed by atoms with E-state index in [4.69, 9.17) is 9.47 Å². The number of amides is 2. The van der Waals surface area contributed by atoms with Gasteiger partial charge in [0.15, 0.2) is 6.10 Å². The van der Waals surface area contributed by atoms with Crippen molar-refractivity contribution in [3.63, 3.8) is 0 Å². The Morgan fingerprint density at radius 1 is 1.14 bits per heavy atom. The molecule has 0 saturated heterocycles. The minimum Gasteiger partial charge on any atom is -0.495 e. The average molecular weight is 416 g/mol. The van der Waals surface area contributed by atoms with Crippen molar-refractivity contribution in [2.75, 3.05) is 17.7 Å². The van der Waals surface area contributed by atoms with Crippen molar-refractivity contribution in [3.05, 3.63) is 40.3 Å². The Kier molecular flexibility index (Phi) is 6.22. The molecule has 7 nitrogen and oxygen atoms in total. The summed E-state index contributed by atoms with van der Waals surface area (Å²) in [6.45, 7) is 5.18. The maximum absolute atomic E-state index is 12.8. The summed E-state index contributed by atoms with van der Waals surface area (Å²) in [5.41, 5.74) is 1.53. The summed E-state index contributed by atoms with van der Waals surface area (Å²) in [6, 6.07) is 6.97. The highest BCUT2D eigenvalue weighted by atomic mass is 32.1. The summed E-state index contributed by atoms with van der Waals surface area (Å²) < 4.78 is 10.6. The Labute approximate surface area is 173 Å². The molecule has 1 aliphatic carbocycles. The molecular formula is C21H24N2O5S. The molecule has 1 aromatic carbocycles. The topological polar surface area (TPSA) is 93.7 Å². The first-order valence-electron chi connectivity index (χ1n) is 9.37. The molecule has 8 heteroatoms. The van der Waals surface area contributed by atoms with Gasteiger partial charge in [-0.05, 0) is 51.3 Å². The van der Waals surface area contributed by atoms with E-state index in [-0.39, 0.29) is 11.8 Å². The number of aryl methyl sites for hydroxylation is 1. The van der Waals surface area contributed by atoms with Crippen LogP contribution in [0.25, 0.3) is 0 Å². The average Bonchev–Trinajstić information content (AvgIpc) is 3.49. The first kappa shape index (κ1) is 20.9. The molecule has 1 aromatic heterocycles. The first-order valence-corrected chi connectivity index (χ1v) is 10.2. The predicted molar refractivity (Wildman–Crippen MR) is 112 cm³/mol. The van der Waals surface area contributed by atoms with Crippen molar-refractivity contribution in [2.45, 2.75) is 39.7 Å². The zero-order valence-electron chi connectivity index (χ0n) is 16.8. The zero-order valence-corrected chi connectivity index (χ0v) is 17.6. The number of rotatable bonds is 7. The maximum Gasteiger partial charge on any atom is 0.342 e. The molecule has 29 heavy (non-hydrogen) atoms. The molecule has 0 spiro atoms. The molecule has 0 radical (unpaired) electrons. The lowest BCUT2D eigenvalue weighted by molar-refractivity contribution is -0.123. The van der Waals surface area contributed by atoms with E-state index < -0.39 is 18.0 Å². The molecule has 3 rings (SSSR count). The molecule has 154 valence electrons. The number of hydrogen-bond donors (Lipinski definition) is 2. The fourth-order valence-electron chi connectivity index (χ4n) is 2.78. The first-order chi connectivity index (χ1) is 13.8. The molecule has 2 N–H and O–H groups in total. The van der Waals surface area contributed by atoms with Crippen LogP contribution < -0.4 is 15.4 Å². The molecule has 0 aliphatic heterocycles. The van der Waals surface area contributed by atoms with Gasteiger partial charge in [-0.3, -0.25) is 9.59 Å². The van der Waals surface area contributed by atoms with Gasteiger partial charge in [0.25, 0.3) is 5.91 Å². The smallest absolute Gasteiger partial charge is 0.342 e. The minimum absolute atomic E-state index is 0.0205. The van der Waals surface area contributed by atoms with Crippen LogP contribution in [0.1, 0.15) is 40.6 Å². The van der Waals surface area contributed by atoms with E-state index in [1.165, 1.54) is 25.4 Å². The standard InChI is InChI=1S/C21H24N2O5S/c1-11-13(3)29-20(23-19(25)14-9-10-14)17(11)21(26)28-12(2)18(24)22-15-7-5-6-8-16(15)27-4/h5-8,12,14H,9-10H2,1-4H3,(H,22,24)(H,23,25)/t12-/m0/s1. The largest absolute Gasteiger partial charge is 0.495 e. The van der Waals surface area contributed by atoms with Crippen molar-refractivity contribution >= 4 is 39.8 Å². The van der Waals surface area contributed by atoms with Gasteiger partial charge in [-0.25, -0.2) is 4.79 Å². The van der Waals surface area contributed by atoms with Gasteiger partial charge in [-0.15, -0.1) is 11.3 Å². The number of hydrogen-bond acceptors (Lipinski definition) is 6. The Hall–Kier alpha value is -2.87. The number of carbonyl (C=O) groups excluding carboxylic acids is 3. The molecule has 2 aromatic rings. The summed E-state index contributed by atoms with van der Waals surface area (Å²) in [5, 5.41) is 6.01. The third-order valence-corrected chi connectivity index (χ3v) is 5.91. The number of nitrogens with one attached hydrogen (secondary N) is 2. The molecule has 2 amide bonds. The van der Waals surface area contributed by atoms with Crippen LogP contribution in [0.3, 0.4) is 0 Å². The predicted octanol–water partition coefficient (Wildman–Crippen LogP) is 3.91. The number of esters is 1. The molecular weight excluding hydrogens is 392 g/mol. The summed E-state index contributed by atoms with van der Waals surface area (Å²) in [5.74, 6) is -0.667. The van der Waals surface area contributed by atoms with Crippen LogP contribution in [0.4, 0.5) is 10.7 Å². The van der Waals surface area contributed by atoms with E-state index in [0.717, 1.165) is 23.3 Å². The van der Waals surface area contributed by atoms with Gasteiger partial charge in [0.2, 0.25) is 5.91 Å². The summed E-state index contributed by atoms with van der Waals surface area (Å²) in [7, 11) is 1.51. The third-order valence-electron chi connectivity index (χ3n) is 4.79. The van der Waals surface area contributed by atoms with Gasteiger partial charge in [-0.2, -0.15) is 0 Å². The van der Waals surface area contributed by atoms with Gasteiger partial charge in [0.05, 0.1) is 18.4 Å². The SMILES string of the molecule is COc1ccccc1NC(=O)[C@H](C)OC(=O)c1c(NC(=O)C2CC2)sc(C)c1C. The fourth-order valence-corrected chi connectivity index (χ4v) is 3.83. The van der Waals surface area contributed by atoms with E-state index in [1.807, 2.05) is 6.92 Å². The molecule has 1 heterocycles. The van der Waals surface area contributed by atoms with Crippen LogP contribution in [-0.4, -0.2) is 31.0 Å². The highest BCUT2D eigenvalue weighted by molar-refractivity contribution is 7.16. The number of ether oxygens (including phenoxy) is 2. The number of benzene rings is 1. The quantitative estimate of drug-likeness (QED) is 0.668. The molecule has 1 fully saturated rings. The van der Waals surface area contributed by atoms with Crippen molar-refractivity contribution in [2.24, 2.45) is 5.92 Å². The summed E-state index contributed by atoms with van der Waals surface area (Å²) >= 11 is 1.34. The molecule has 1 saturated carbocycles.